The lowest BCUT2D eigenvalue weighted by Crippen LogP contribution is -2.31. The Kier molecular flexibility index (Phi) is 5.62. The molecule has 2 aromatic heterocycles. The molecule has 0 spiro atoms. The Morgan fingerprint density at radius 2 is 1.65 bits per heavy atom. The van der Waals surface area contributed by atoms with Gasteiger partial charge >= 0.3 is 0 Å². The number of benzene rings is 1. The third-order valence-electron chi connectivity index (χ3n) is 6.57. The predicted molar refractivity (Wildman–Crippen MR) is 117 cm³/mol. The number of carbonyl (C=O) groups is 1. The monoisotopic (exact) mass is 421 g/mol. The molecule has 1 amide bonds. The van der Waals surface area contributed by atoms with Crippen LogP contribution in [0.3, 0.4) is 0 Å². The Labute approximate surface area is 181 Å². The van der Waals surface area contributed by atoms with Crippen molar-refractivity contribution in [2.24, 2.45) is 0 Å². The van der Waals surface area contributed by atoms with Crippen LogP contribution < -0.4 is 0 Å². The van der Waals surface area contributed by atoms with Gasteiger partial charge in [0.25, 0.3) is 5.91 Å². The van der Waals surface area contributed by atoms with Crippen molar-refractivity contribution in [2.45, 2.75) is 57.4 Å². The summed E-state index contributed by atoms with van der Waals surface area (Å²) < 4.78 is 21.8. The highest BCUT2D eigenvalue weighted by Crippen LogP contribution is 2.39. The molecular formula is C25H28FN3O2. The highest BCUT2D eigenvalue weighted by Gasteiger charge is 2.27. The van der Waals surface area contributed by atoms with E-state index >= 15 is 0 Å². The zero-order valence-electron chi connectivity index (χ0n) is 17.7. The number of hydrogen-bond donors (Lipinski definition) is 0. The van der Waals surface area contributed by atoms with Gasteiger partial charge in [-0.1, -0.05) is 25.7 Å². The van der Waals surface area contributed by atoms with E-state index in [2.05, 4.69) is 9.55 Å². The van der Waals surface area contributed by atoms with Crippen LogP contribution in [0, 0.1) is 5.82 Å². The Morgan fingerprint density at radius 1 is 0.935 bits per heavy atom. The van der Waals surface area contributed by atoms with Gasteiger partial charge in [-0.15, -0.1) is 0 Å². The summed E-state index contributed by atoms with van der Waals surface area (Å²) in [5.41, 5.74) is 2.47. The molecule has 162 valence electrons. The average molecular weight is 422 g/mol. The molecule has 3 aromatic rings. The Balaban J connectivity index is 1.52. The van der Waals surface area contributed by atoms with Gasteiger partial charge in [-0.2, -0.15) is 0 Å². The molecule has 1 aliphatic carbocycles. The quantitative estimate of drug-likeness (QED) is 0.513. The Morgan fingerprint density at radius 3 is 2.35 bits per heavy atom. The molecular weight excluding hydrogens is 393 g/mol. The maximum atomic E-state index is 13.5. The number of amides is 1. The van der Waals surface area contributed by atoms with Crippen LogP contribution in [0.2, 0.25) is 0 Å². The summed E-state index contributed by atoms with van der Waals surface area (Å²) in [6, 6.07) is 10.4. The number of aromatic nitrogens is 2. The van der Waals surface area contributed by atoms with Crippen LogP contribution in [0.4, 0.5) is 4.39 Å². The van der Waals surface area contributed by atoms with Crippen LogP contribution in [-0.2, 0) is 0 Å². The molecule has 1 aromatic carbocycles. The molecule has 6 heteroatoms. The topological polar surface area (TPSA) is 51.3 Å². The van der Waals surface area contributed by atoms with Gasteiger partial charge in [0.05, 0.1) is 12.0 Å². The van der Waals surface area contributed by atoms with Gasteiger partial charge in [0.2, 0.25) is 0 Å². The summed E-state index contributed by atoms with van der Waals surface area (Å²) in [4.78, 5) is 19.6. The maximum Gasteiger partial charge on any atom is 0.289 e. The van der Waals surface area contributed by atoms with Crippen LogP contribution >= 0.6 is 0 Å². The van der Waals surface area contributed by atoms with Crippen molar-refractivity contribution in [3.63, 3.8) is 0 Å². The van der Waals surface area contributed by atoms with Crippen LogP contribution in [-0.4, -0.2) is 33.4 Å². The van der Waals surface area contributed by atoms with Crippen LogP contribution in [0.5, 0.6) is 0 Å². The van der Waals surface area contributed by atoms with Gasteiger partial charge in [-0.3, -0.25) is 4.79 Å². The second-order valence-corrected chi connectivity index (χ2v) is 8.66. The molecule has 2 fully saturated rings. The second kappa shape index (κ2) is 8.69. The lowest BCUT2D eigenvalue weighted by molar-refractivity contribution is 0.0730. The Bertz CT molecular complexity index is 1040. The van der Waals surface area contributed by atoms with E-state index in [0.29, 0.717) is 17.6 Å². The smallest absolute Gasteiger partial charge is 0.289 e. The van der Waals surface area contributed by atoms with Crippen molar-refractivity contribution in [3.05, 3.63) is 54.3 Å². The third kappa shape index (κ3) is 4.03. The number of halogens is 1. The normalized spacial score (nSPS) is 17.8. The number of likely N-dealkylation sites (tertiary alicyclic amines) is 1. The van der Waals surface area contributed by atoms with Crippen molar-refractivity contribution >= 4 is 5.91 Å². The van der Waals surface area contributed by atoms with Gasteiger partial charge in [0, 0.05) is 24.7 Å². The number of carbonyl (C=O) groups excluding carboxylic acids is 1. The third-order valence-corrected chi connectivity index (χ3v) is 6.57. The molecule has 5 rings (SSSR count). The summed E-state index contributed by atoms with van der Waals surface area (Å²) in [6.45, 7) is 1.57. The minimum atomic E-state index is -0.274. The van der Waals surface area contributed by atoms with E-state index < -0.39 is 0 Å². The van der Waals surface area contributed by atoms with Crippen LogP contribution in [0.15, 0.2) is 47.1 Å². The van der Waals surface area contributed by atoms with Gasteiger partial charge in [-0.05, 0) is 62.1 Å². The molecule has 0 unspecified atom stereocenters. The fourth-order valence-electron chi connectivity index (χ4n) is 4.89. The largest absolute Gasteiger partial charge is 0.449 e. The minimum Gasteiger partial charge on any atom is -0.449 e. The van der Waals surface area contributed by atoms with Gasteiger partial charge in [0.15, 0.2) is 11.5 Å². The minimum absolute atomic E-state index is 0.0385. The highest BCUT2D eigenvalue weighted by atomic mass is 19.1. The average Bonchev–Trinajstić information content (AvgIpc) is 3.51. The molecule has 2 aliphatic rings. The van der Waals surface area contributed by atoms with E-state index in [1.807, 2.05) is 17.3 Å². The van der Waals surface area contributed by atoms with E-state index in [0.717, 1.165) is 55.7 Å². The molecule has 1 saturated carbocycles. The van der Waals surface area contributed by atoms with Crippen molar-refractivity contribution in [1.29, 1.82) is 0 Å². The van der Waals surface area contributed by atoms with Crippen LogP contribution in [0.25, 0.3) is 22.7 Å². The fourth-order valence-corrected chi connectivity index (χ4v) is 4.89. The molecule has 0 N–H and O–H groups in total. The Hall–Kier alpha value is -2.89. The van der Waals surface area contributed by atoms with Crippen molar-refractivity contribution in [2.75, 3.05) is 13.1 Å². The molecule has 1 aliphatic heterocycles. The first-order chi connectivity index (χ1) is 15.2. The zero-order valence-corrected chi connectivity index (χ0v) is 17.7. The van der Waals surface area contributed by atoms with E-state index in [4.69, 9.17) is 4.42 Å². The fraction of sp³-hybridized carbons (Fsp3) is 0.440. The van der Waals surface area contributed by atoms with E-state index in [-0.39, 0.29) is 11.7 Å². The number of nitrogens with zero attached hydrogens (tertiary/aromatic N) is 3. The van der Waals surface area contributed by atoms with Crippen molar-refractivity contribution < 1.29 is 13.6 Å². The maximum absolute atomic E-state index is 13.5. The molecule has 1 saturated heterocycles. The summed E-state index contributed by atoms with van der Waals surface area (Å²) in [5.74, 6) is 0.704. The molecule has 31 heavy (non-hydrogen) atoms. The molecule has 3 heterocycles. The number of imidazole rings is 1. The predicted octanol–water partition coefficient (Wildman–Crippen LogP) is 6.08. The molecule has 0 atom stereocenters. The number of hydrogen-bond acceptors (Lipinski definition) is 3. The number of rotatable bonds is 4. The summed E-state index contributed by atoms with van der Waals surface area (Å²) >= 11 is 0. The first-order valence-electron chi connectivity index (χ1n) is 11.4. The highest BCUT2D eigenvalue weighted by molar-refractivity contribution is 5.92. The van der Waals surface area contributed by atoms with Crippen LogP contribution in [0.1, 0.15) is 68.0 Å². The van der Waals surface area contributed by atoms with E-state index in [1.165, 1.54) is 37.8 Å². The van der Waals surface area contributed by atoms with Crippen molar-refractivity contribution in [3.8, 4) is 22.7 Å². The van der Waals surface area contributed by atoms with E-state index in [9.17, 15) is 9.18 Å². The molecule has 5 nitrogen and oxygen atoms in total. The first kappa shape index (κ1) is 20.0. The van der Waals surface area contributed by atoms with Gasteiger partial charge in [-0.25, -0.2) is 9.37 Å². The van der Waals surface area contributed by atoms with E-state index in [1.54, 1.807) is 18.2 Å². The SMILES string of the molecule is O=C(c1ccc(-c2c(-c3ccc(F)cc3)ncn2C2CCCC2)o1)N1CCCCCC1. The first-order valence-corrected chi connectivity index (χ1v) is 11.4. The van der Waals surface area contributed by atoms with Gasteiger partial charge < -0.3 is 13.9 Å². The lowest BCUT2D eigenvalue weighted by atomic mass is 10.1. The number of furan rings is 1. The molecule has 0 bridgehead atoms. The lowest BCUT2D eigenvalue weighted by Gasteiger charge is -2.18. The standard InChI is InChI=1S/C25H28FN3O2/c26-19-11-9-18(10-12-19)23-24(29(17-27-23)20-7-3-4-8-20)21-13-14-22(31-21)25(30)28-15-5-1-2-6-16-28/h9-14,17,20H,1-8,15-16H2. The molecule has 0 radical (unpaired) electrons. The van der Waals surface area contributed by atoms with Crippen molar-refractivity contribution in [1.82, 2.24) is 14.5 Å². The summed E-state index contributed by atoms with van der Waals surface area (Å²) in [5, 5.41) is 0. The van der Waals surface area contributed by atoms with Gasteiger partial charge in [0.1, 0.15) is 11.5 Å². The zero-order chi connectivity index (χ0) is 21.2. The summed E-state index contributed by atoms with van der Waals surface area (Å²) in [6.07, 6.45) is 10.9. The summed E-state index contributed by atoms with van der Waals surface area (Å²) in [7, 11) is 0. The second-order valence-electron chi connectivity index (χ2n) is 8.66.